The minimum absolute atomic E-state index is 0. The van der Waals surface area contributed by atoms with Crippen LogP contribution in [0.15, 0.2) is 24.3 Å². The quantitative estimate of drug-likeness (QED) is 0.775. The van der Waals surface area contributed by atoms with E-state index in [1.165, 1.54) is 5.56 Å². The van der Waals surface area contributed by atoms with E-state index >= 15 is 0 Å². The minimum atomic E-state index is -0.0904. The summed E-state index contributed by atoms with van der Waals surface area (Å²) in [5, 5.41) is 2.87. The summed E-state index contributed by atoms with van der Waals surface area (Å²) >= 11 is 0. The summed E-state index contributed by atoms with van der Waals surface area (Å²) < 4.78 is 5.63. The maximum atomic E-state index is 11.4. The predicted molar refractivity (Wildman–Crippen MR) is 89.0 cm³/mol. The third-order valence-corrected chi connectivity index (χ3v) is 2.75. The fraction of sp³-hybridized carbons (Fsp3) is 0.562. The van der Waals surface area contributed by atoms with Gasteiger partial charge in [-0.1, -0.05) is 26.0 Å². The number of hydrogen-bond acceptors (Lipinski definition) is 3. The fourth-order valence-electron chi connectivity index (χ4n) is 1.73. The van der Waals surface area contributed by atoms with Gasteiger partial charge in [0.15, 0.2) is 0 Å². The zero-order valence-corrected chi connectivity index (χ0v) is 13.9. The highest BCUT2D eigenvalue weighted by Gasteiger charge is 2.04. The second-order valence-electron chi connectivity index (χ2n) is 5.63. The molecule has 3 N–H and O–H groups in total. The molecule has 1 aromatic carbocycles. The first-order valence-corrected chi connectivity index (χ1v) is 7.21. The van der Waals surface area contributed by atoms with Gasteiger partial charge in [-0.05, 0) is 37.0 Å². The zero-order valence-electron chi connectivity index (χ0n) is 13.1. The van der Waals surface area contributed by atoms with Crippen molar-refractivity contribution < 1.29 is 9.53 Å². The number of nitrogens with one attached hydrogen (secondary N) is 1. The molecular formula is C16H27ClN2O2. The minimum Gasteiger partial charge on any atom is -0.493 e. The average Bonchev–Trinajstić information content (AvgIpc) is 2.37. The monoisotopic (exact) mass is 314 g/mol. The lowest BCUT2D eigenvalue weighted by Crippen LogP contribution is -2.31. The molecule has 1 atom stereocenters. The van der Waals surface area contributed by atoms with E-state index in [0.717, 1.165) is 18.8 Å². The normalized spacial score (nSPS) is 11.7. The average molecular weight is 315 g/mol. The number of halogens is 1. The lowest BCUT2D eigenvalue weighted by molar-refractivity contribution is -0.121. The third-order valence-electron chi connectivity index (χ3n) is 2.75. The maximum Gasteiger partial charge on any atom is 0.221 e. The molecule has 0 spiro atoms. The molecule has 0 aliphatic heterocycles. The van der Waals surface area contributed by atoms with Crippen molar-refractivity contribution in [3.05, 3.63) is 29.8 Å². The number of amides is 1. The van der Waals surface area contributed by atoms with E-state index in [0.29, 0.717) is 18.9 Å². The first-order chi connectivity index (χ1) is 9.47. The summed E-state index contributed by atoms with van der Waals surface area (Å²) in [5.41, 5.74) is 6.75. The number of benzene rings is 1. The molecule has 0 aliphatic rings. The molecule has 0 radical (unpaired) electrons. The lowest BCUT2D eigenvalue weighted by Gasteiger charge is -2.10. The number of carbonyl (C=O) groups excluding carboxylic acids is 1. The van der Waals surface area contributed by atoms with Crippen LogP contribution in [0.4, 0.5) is 0 Å². The SMILES string of the molecule is CC(C)COc1ccc(CCNC(=O)CC(C)N)cc1.Cl. The van der Waals surface area contributed by atoms with Crippen molar-refractivity contribution in [1.82, 2.24) is 5.32 Å². The highest BCUT2D eigenvalue weighted by atomic mass is 35.5. The lowest BCUT2D eigenvalue weighted by atomic mass is 10.1. The Labute approximate surface area is 133 Å². The molecule has 0 fully saturated rings. The van der Waals surface area contributed by atoms with Gasteiger partial charge in [0.2, 0.25) is 5.91 Å². The van der Waals surface area contributed by atoms with Crippen LogP contribution in [-0.2, 0) is 11.2 Å². The highest BCUT2D eigenvalue weighted by molar-refractivity contribution is 5.85. The van der Waals surface area contributed by atoms with Crippen LogP contribution in [-0.4, -0.2) is 25.1 Å². The predicted octanol–water partition coefficient (Wildman–Crippen LogP) is 2.54. The molecule has 1 rings (SSSR count). The van der Waals surface area contributed by atoms with Crippen molar-refractivity contribution in [2.75, 3.05) is 13.2 Å². The van der Waals surface area contributed by atoms with Crippen molar-refractivity contribution in [2.45, 2.75) is 39.7 Å². The van der Waals surface area contributed by atoms with Crippen LogP contribution in [0.25, 0.3) is 0 Å². The van der Waals surface area contributed by atoms with Crippen molar-refractivity contribution in [3.63, 3.8) is 0 Å². The Morgan fingerprint density at radius 2 is 1.86 bits per heavy atom. The summed E-state index contributed by atoms with van der Waals surface area (Å²) in [6.45, 7) is 7.44. The van der Waals surface area contributed by atoms with Gasteiger partial charge < -0.3 is 15.8 Å². The Kier molecular flexibility index (Phi) is 9.84. The summed E-state index contributed by atoms with van der Waals surface area (Å²) in [7, 11) is 0. The van der Waals surface area contributed by atoms with Gasteiger partial charge in [-0.15, -0.1) is 12.4 Å². The molecule has 0 heterocycles. The van der Waals surface area contributed by atoms with E-state index in [9.17, 15) is 4.79 Å². The number of nitrogens with two attached hydrogens (primary N) is 1. The summed E-state index contributed by atoms with van der Waals surface area (Å²) in [6, 6.07) is 7.93. The van der Waals surface area contributed by atoms with Crippen LogP contribution in [0, 0.1) is 5.92 Å². The van der Waals surface area contributed by atoms with Crippen molar-refractivity contribution in [3.8, 4) is 5.75 Å². The molecule has 0 bridgehead atoms. The number of rotatable bonds is 8. The molecular weight excluding hydrogens is 288 g/mol. The van der Waals surface area contributed by atoms with E-state index in [1.807, 2.05) is 31.2 Å². The molecule has 1 aromatic rings. The van der Waals surface area contributed by atoms with Crippen molar-refractivity contribution in [1.29, 1.82) is 0 Å². The third kappa shape index (κ3) is 9.32. The summed E-state index contributed by atoms with van der Waals surface area (Å²) in [6.07, 6.45) is 1.19. The summed E-state index contributed by atoms with van der Waals surface area (Å²) in [4.78, 5) is 11.4. The molecule has 1 amide bonds. The number of carbonyl (C=O) groups is 1. The smallest absolute Gasteiger partial charge is 0.221 e. The Bertz CT molecular complexity index is 405. The molecule has 0 saturated heterocycles. The molecule has 5 heteroatoms. The Hall–Kier alpha value is -1.26. The molecule has 0 aliphatic carbocycles. The molecule has 0 saturated carbocycles. The van der Waals surface area contributed by atoms with Crippen LogP contribution < -0.4 is 15.8 Å². The van der Waals surface area contributed by atoms with E-state index in [4.69, 9.17) is 10.5 Å². The highest BCUT2D eigenvalue weighted by Crippen LogP contribution is 2.13. The van der Waals surface area contributed by atoms with E-state index in [1.54, 1.807) is 0 Å². The zero-order chi connectivity index (χ0) is 15.0. The van der Waals surface area contributed by atoms with Crippen LogP contribution in [0.1, 0.15) is 32.8 Å². The van der Waals surface area contributed by atoms with Crippen molar-refractivity contribution >= 4 is 18.3 Å². The Morgan fingerprint density at radius 1 is 1.24 bits per heavy atom. The molecule has 120 valence electrons. The molecule has 4 nitrogen and oxygen atoms in total. The largest absolute Gasteiger partial charge is 0.493 e. The standard InChI is InChI=1S/C16H26N2O2.ClH/c1-12(2)11-20-15-6-4-14(5-7-15)8-9-18-16(19)10-13(3)17;/h4-7,12-13H,8-11,17H2,1-3H3,(H,18,19);1H. The van der Waals surface area contributed by atoms with Crippen LogP contribution >= 0.6 is 12.4 Å². The van der Waals surface area contributed by atoms with Crippen LogP contribution in [0.2, 0.25) is 0 Å². The van der Waals surface area contributed by atoms with Gasteiger partial charge in [0.25, 0.3) is 0 Å². The van der Waals surface area contributed by atoms with E-state index < -0.39 is 0 Å². The Balaban J connectivity index is 0.00000400. The van der Waals surface area contributed by atoms with E-state index in [2.05, 4.69) is 19.2 Å². The van der Waals surface area contributed by atoms with Gasteiger partial charge in [0.1, 0.15) is 5.75 Å². The van der Waals surface area contributed by atoms with Gasteiger partial charge in [-0.25, -0.2) is 0 Å². The fourth-order valence-corrected chi connectivity index (χ4v) is 1.73. The molecule has 0 aromatic heterocycles. The second-order valence-corrected chi connectivity index (χ2v) is 5.63. The van der Waals surface area contributed by atoms with Gasteiger partial charge in [-0.2, -0.15) is 0 Å². The second kappa shape index (κ2) is 10.5. The van der Waals surface area contributed by atoms with Crippen LogP contribution in [0.5, 0.6) is 5.75 Å². The maximum absolute atomic E-state index is 11.4. The number of hydrogen-bond donors (Lipinski definition) is 2. The molecule has 1 unspecified atom stereocenters. The van der Waals surface area contributed by atoms with Gasteiger partial charge in [0.05, 0.1) is 6.61 Å². The first-order valence-electron chi connectivity index (χ1n) is 7.21. The van der Waals surface area contributed by atoms with Gasteiger partial charge >= 0.3 is 0 Å². The number of ether oxygens (including phenoxy) is 1. The van der Waals surface area contributed by atoms with Gasteiger partial charge in [0, 0.05) is 19.0 Å². The first kappa shape index (κ1) is 19.7. The van der Waals surface area contributed by atoms with E-state index in [-0.39, 0.29) is 24.4 Å². The molecule has 21 heavy (non-hydrogen) atoms. The topological polar surface area (TPSA) is 64.3 Å². The van der Waals surface area contributed by atoms with Crippen LogP contribution in [0.3, 0.4) is 0 Å². The Morgan fingerprint density at radius 3 is 2.38 bits per heavy atom. The summed E-state index contributed by atoms with van der Waals surface area (Å²) in [5.74, 6) is 1.43. The van der Waals surface area contributed by atoms with Gasteiger partial charge in [-0.3, -0.25) is 4.79 Å². The van der Waals surface area contributed by atoms with Crippen molar-refractivity contribution in [2.24, 2.45) is 11.7 Å².